The Morgan fingerprint density at radius 1 is 1.50 bits per heavy atom. The Kier molecular flexibility index (Phi) is 5.40. The first-order valence-corrected chi connectivity index (χ1v) is 6.13. The van der Waals surface area contributed by atoms with E-state index in [9.17, 15) is 4.79 Å². The summed E-state index contributed by atoms with van der Waals surface area (Å²) in [6.45, 7) is 7.60. The van der Waals surface area contributed by atoms with E-state index < -0.39 is 0 Å². The second-order valence-electron chi connectivity index (χ2n) is 3.99. The summed E-state index contributed by atoms with van der Waals surface area (Å²) in [5, 5.41) is 11.7. The van der Waals surface area contributed by atoms with Gasteiger partial charge in [0.2, 0.25) is 11.7 Å². The van der Waals surface area contributed by atoms with Crippen LogP contribution in [0.1, 0.15) is 32.3 Å². The zero-order chi connectivity index (χ0) is 13.5. The van der Waals surface area contributed by atoms with Crippen molar-refractivity contribution < 1.29 is 9.21 Å². The number of nitrogens with zero attached hydrogens (tertiary/aromatic N) is 2. The van der Waals surface area contributed by atoms with E-state index in [0.717, 1.165) is 0 Å². The van der Waals surface area contributed by atoms with Gasteiger partial charge in [0.25, 0.3) is 0 Å². The van der Waals surface area contributed by atoms with Gasteiger partial charge in [-0.3, -0.25) is 10.1 Å². The summed E-state index contributed by atoms with van der Waals surface area (Å²) >= 11 is 0. The van der Waals surface area contributed by atoms with Crippen LogP contribution in [0.5, 0.6) is 0 Å². The van der Waals surface area contributed by atoms with Gasteiger partial charge in [0.05, 0.1) is 12.6 Å². The quantitative estimate of drug-likeness (QED) is 0.829. The molecule has 0 saturated carbocycles. The topological polar surface area (TPSA) is 69.3 Å². The highest BCUT2D eigenvalue weighted by Crippen LogP contribution is 2.06. The van der Waals surface area contributed by atoms with Gasteiger partial charge in [-0.05, 0) is 32.9 Å². The van der Waals surface area contributed by atoms with Gasteiger partial charge < -0.3 is 9.32 Å². The molecule has 0 bridgehead atoms. The third-order valence-electron chi connectivity index (χ3n) is 2.80. The third kappa shape index (κ3) is 3.60. The number of hydrogen-bond acceptors (Lipinski definition) is 4. The average Bonchev–Trinajstić information content (AvgIpc) is 2.85. The second kappa shape index (κ2) is 6.82. The molecule has 18 heavy (non-hydrogen) atoms. The van der Waals surface area contributed by atoms with Crippen LogP contribution in [-0.4, -0.2) is 29.9 Å². The van der Waals surface area contributed by atoms with E-state index >= 15 is 0 Å². The van der Waals surface area contributed by atoms with Crippen molar-refractivity contribution in [3.8, 4) is 6.07 Å². The number of furan rings is 1. The van der Waals surface area contributed by atoms with Crippen LogP contribution in [0.3, 0.4) is 0 Å². The van der Waals surface area contributed by atoms with Crippen LogP contribution in [-0.2, 0) is 11.3 Å². The average molecular weight is 249 g/mol. The number of likely N-dealkylation sites (N-methyl/N-ethyl adjacent to an activating group) is 1. The van der Waals surface area contributed by atoms with Crippen molar-refractivity contribution in [3.05, 3.63) is 23.7 Å². The molecule has 1 atom stereocenters. The van der Waals surface area contributed by atoms with Crippen LogP contribution in [0.15, 0.2) is 16.5 Å². The minimum atomic E-state index is -0.263. The highest BCUT2D eigenvalue weighted by Gasteiger charge is 2.17. The van der Waals surface area contributed by atoms with Gasteiger partial charge in [0.15, 0.2) is 0 Å². The normalized spacial score (nSPS) is 11.9. The molecule has 1 aromatic rings. The van der Waals surface area contributed by atoms with Gasteiger partial charge in [-0.15, -0.1) is 0 Å². The summed E-state index contributed by atoms with van der Waals surface area (Å²) in [5.74, 6) is 1.02. The summed E-state index contributed by atoms with van der Waals surface area (Å²) in [6, 6.07) is 5.02. The molecule has 5 heteroatoms. The molecule has 0 aliphatic rings. The number of amides is 1. The van der Waals surface area contributed by atoms with E-state index in [1.54, 1.807) is 17.0 Å². The second-order valence-corrected chi connectivity index (χ2v) is 3.99. The lowest BCUT2D eigenvalue weighted by Gasteiger charge is -2.23. The fourth-order valence-electron chi connectivity index (χ4n) is 1.68. The highest BCUT2D eigenvalue weighted by atomic mass is 16.3. The van der Waals surface area contributed by atoms with Crippen LogP contribution in [0.2, 0.25) is 0 Å². The molecular formula is C13H19N3O2. The number of nitrogens with one attached hydrogen (secondary N) is 1. The third-order valence-corrected chi connectivity index (χ3v) is 2.80. The van der Waals surface area contributed by atoms with Crippen LogP contribution in [0, 0.1) is 11.3 Å². The molecular weight excluding hydrogens is 230 g/mol. The predicted octanol–water partition coefficient (Wildman–Crippen LogP) is 1.50. The molecule has 0 aliphatic carbocycles. The smallest absolute Gasteiger partial charge is 0.239 e. The van der Waals surface area contributed by atoms with Crippen molar-refractivity contribution in [1.29, 1.82) is 5.26 Å². The van der Waals surface area contributed by atoms with Gasteiger partial charge in [-0.25, -0.2) is 0 Å². The highest BCUT2D eigenvalue weighted by molar-refractivity contribution is 5.81. The van der Waals surface area contributed by atoms with E-state index in [1.807, 2.05) is 26.8 Å². The molecule has 1 heterocycles. The first-order chi connectivity index (χ1) is 8.62. The molecule has 1 unspecified atom stereocenters. The van der Waals surface area contributed by atoms with Crippen molar-refractivity contribution in [2.24, 2.45) is 0 Å². The molecule has 0 aliphatic heterocycles. The van der Waals surface area contributed by atoms with Gasteiger partial charge >= 0.3 is 0 Å². The molecule has 0 fully saturated rings. The van der Waals surface area contributed by atoms with Crippen molar-refractivity contribution in [1.82, 2.24) is 10.2 Å². The maximum atomic E-state index is 12.0. The van der Waals surface area contributed by atoms with E-state index in [2.05, 4.69) is 5.32 Å². The Labute approximate surface area is 107 Å². The van der Waals surface area contributed by atoms with Gasteiger partial charge in [0, 0.05) is 13.1 Å². The Bertz CT molecular complexity index is 430. The first kappa shape index (κ1) is 14.3. The van der Waals surface area contributed by atoms with Crippen molar-refractivity contribution in [2.75, 3.05) is 13.1 Å². The Morgan fingerprint density at radius 2 is 2.17 bits per heavy atom. The minimum absolute atomic E-state index is 0.0760. The lowest BCUT2D eigenvalue weighted by molar-refractivity contribution is -0.132. The number of hydrogen-bond donors (Lipinski definition) is 1. The Hall–Kier alpha value is -1.80. The SMILES string of the molecule is CCN(CC)C(=O)C(C)NCc1ccc(C#N)o1. The van der Waals surface area contributed by atoms with Crippen LogP contribution in [0.4, 0.5) is 0 Å². The maximum absolute atomic E-state index is 12.0. The minimum Gasteiger partial charge on any atom is -0.449 e. The van der Waals surface area contributed by atoms with Crippen molar-refractivity contribution in [3.63, 3.8) is 0 Å². The van der Waals surface area contributed by atoms with Crippen molar-refractivity contribution in [2.45, 2.75) is 33.4 Å². The Morgan fingerprint density at radius 3 is 2.67 bits per heavy atom. The van der Waals surface area contributed by atoms with Gasteiger partial charge in [-0.2, -0.15) is 5.26 Å². The monoisotopic (exact) mass is 249 g/mol. The molecule has 1 N–H and O–H groups in total. The molecule has 0 radical (unpaired) electrons. The van der Waals surface area contributed by atoms with Gasteiger partial charge in [-0.1, -0.05) is 0 Å². The lowest BCUT2D eigenvalue weighted by atomic mass is 10.2. The summed E-state index contributed by atoms with van der Waals surface area (Å²) in [5.41, 5.74) is 0. The number of rotatable bonds is 6. The maximum Gasteiger partial charge on any atom is 0.239 e. The van der Waals surface area contributed by atoms with E-state index in [1.165, 1.54) is 0 Å². The molecule has 5 nitrogen and oxygen atoms in total. The summed E-state index contributed by atoms with van der Waals surface area (Å²) in [7, 11) is 0. The van der Waals surface area contributed by atoms with Crippen LogP contribution < -0.4 is 5.32 Å². The fraction of sp³-hybridized carbons (Fsp3) is 0.538. The van der Waals surface area contributed by atoms with Gasteiger partial charge in [0.1, 0.15) is 11.8 Å². The molecule has 98 valence electrons. The molecule has 0 aromatic carbocycles. The standard InChI is InChI=1S/C13H19N3O2/c1-4-16(5-2)13(17)10(3)15-9-12-7-6-11(8-14)18-12/h6-7,10,15H,4-5,9H2,1-3H3. The first-order valence-electron chi connectivity index (χ1n) is 6.13. The van der Waals surface area contributed by atoms with Crippen LogP contribution in [0.25, 0.3) is 0 Å². The molecule has 1 aromatic heterocycles. The molecule has 0 saturated heterocycles. The zero-order valence-electron chi connectivity index (χ0n) is 11.1. The zero-order valence-corrected chi connectivity index (χ0v) is 11.1. The van der Waals surface area contributed by atoms with Crippen molar-refractivity contribution >= 4 is 5.91 Å². The summed E-state index contributed by atoms with van der Waals surface area (Å²) < 4.78 is 5.23. The Balaban J connectivity index is 2.48. The molecule has 0 spiro atoms. The van der Waals surface area contributed by atoms with E-state index in [4.69, 9.17) is 9.68 Å². The fourth-order valence-corrected chi connectivity index (χ4v) is 1.68. The molecule has 1 rings (SSSR count). The number of carbonyl (C=O) groups excluding carboxylic acids is 1. The molecule has 1 amide bonds. The van der Waals surface area contributed by atoms with E-state index in [0.29, 0.717) is 25.4 Å². The summed E-state index contributed by atoms with van der Waals surface area (Å²) in [4.78, 5) is 13.7. The van der Waals surface area contributed by atoms with Crippen LogP contribution >= 0.6 is 0 Å². The lowest BCUT2D eigenvalue weighted by Crippen LogP contribution is -2.44. The summed E-state index contributed by atoms with van der Waals surface area (Å²) in [6.07, 6.45) is 0. The predicted molar refractivity (Wildman–Crippen MR) is 67.7 cm³/mol. The van der Waals surface area contributed by atoms with E-state index in [-0.39, 0.29) is 17.7 Å². The number of nitriles is 1. The number of carbonyl (C=O) groups is 1. The largest absolute Gasteiger partial charge is 0.449 e.